The number of hydrogen-bond donors (Lipinski definition) is 2. The fourth-order valence-electron chi connectivity index (χ4n) is 3.87. The first kappa shape index (κ1) is 14.8. The summed E-state index contributed by atoms with van der Waals surface area (Å²) < 4.78 is 0. The van der Waals surface area contributed by atoms with Crippen LogP contribution < -0.4 is 11.1 Å². The average Bonchev–Trinajstić information content (AvgIpc) is 2.81. The lowest BCUT2D eigenvalue weighted by molar-refractivity contribution is -0.124. The summed E-state index contributed by atoms with van der Waals surface area (Å²) >= 11 is 0. The van der Waals surface area contributed by atoms with E-state index in [4.69, 9.17) is 5.73 Å². The van der Waals surface area contributed by atoms with Crippen LogP contribution in [0.5, 0.6) is 0 Å². The van der Waals surface area contributed by atoms with E-state index in [9.17, 15) is 4.79 Å². The first-order chi connectivity index (χ1) is 9.00. The molecule has 1 saturated carbocycles. The number of nitrogens with one attached hydrogen (secondary N) is 1. The molecule has 0 aromatic rings. The number of nitrogens with zero attached hydrogens (tertiary/aromatic N) is 1. The van der Waals surface area contributed by atoms with Crippen molar-refractivity contribution in [1.82, 2.24) is 10.2 Å². The molecule has 1 spiro atoms. The van der Waals surface area contributed by atoms with Crippen LogP contribution in [0.3, 0.4) is 0 Å². The summed E-state index contributed by atoms with van der Waals surface area (Å²) in [5.41, 5.74) is 5.61. The Kier molecular flexibility index (Phi) is 4.51. The van der Waals surface area contributed by atoms with Crippen LogP contribution in [-0.4, -0.2) is 42.5 Å². The third-order valence-electron chi connectivity index (χ3n) is 5.23. The molecule has 4 heteroatoms. The van der Waals surface area contributed by atoms with E-state index in [1.165, 1.54) is 38.5 Å². The normalized spacial score (nSPS) is 26.4. The molecule has 2 rings (SSSR count). The smallest absolute Gasteiger partial charge is 0.238 e. The van der Waals surface area contributed by atoms with Crippen molar-refractivity contribution in [2.75, 3.05) is 26.2 Å². The fourth-order valence-corrected chi connectivity index (χ4v) is 3.87. The van der Waals surface area contributed by atoms with Gasteiger partial charge in [-0.3, -0.25) is 4.79 Å². The first-order valence-corrected chi connectivity index (χ1v) is 7.77. The molecule has 1 saturated heterocycles. The standard InChI is InChI=1S/C15H29N3O/c1-3-17-14(2,13(16)19)12-18-10-8-15(9-11-18)6-4-5-7-15/h17H,3-12H2,1-2H3,(H2,16,19). The maximum atomic E-state index is 11.7. The Morgan fingerprint density at radius 3 is 2.32 bits per heavy atom. The number of likely N-dealkylation sites (N-methyl/N-ethyl adjacent to an activating group) is 1. The quantitative estimate of drug-likeness (QED) is 0.793. The van der Waals surface area contributed by atoms with E-state index in [0.717, 1.165) is 26.2 Å². The number of likely N-dealkylation sites (tertiary alicyclic amines) is 1. The molecule has 0 bridgehead atoms. The van der Waals surface area contributed by atoms with Crippen LogP contribution in [-0.2, 0) is 4.79 Å². The molecule has 1 atom stereocenters. The number of hydrogen-bond acceptors (Lipinski definition) is 3. The van der Waals surface area contributed by atoms with Crippen LogP contribution in [0.25, 0.3) is 0 Å². The van der Waals surface area contributed by atoms with Crippen molar-refractivity contribution in [3.63, 3.8) is 0 Å². The Bertz CT molecular complexity index is 315. The number of amides is 1. The van der Waals surface area contributed by atoms with Crippen molar-refractivity contribution in [2.45, 2.75) is 57.9 Å². The molecular formula is C15H29N3O. The molecule has 1 aliphatic heterocycles. The summed E-state index contributed by atoms with van der Waals surface area (Å²) in [7, 11) is 0. The van der Waals surface area contributed by atoms with Gasteiger partial charge in [-0.25, -0.2) is 0 Å². The largest absolute Gasteiger partial charge is 0.368 e. The van der Waals surface area contributed by atoms with E-state index < -0.39 is 5.54 Å². The minimum absolute atomic E-state index is 0.240. The summed E-state index contributed by atoms with van der Waals surface area (Å²) in [5.74, 6) is -0.240. The molecule has 0 aromatic heterocycles. The van der Waals surface area contributed by atoms with Crippen molar-refractivity contribution in [1.29, 1.82) is 0 Å². The van der Waals surface area contributed by atoms with Crippen LogP contribution in [0.4, 0.5) is 0 Å². The number of carbonyl (C=O) groups is 1. The predicted molar refractivity (Wildman–Crippen MR) is 77.9 cm³/mol. The molecule has 1 unspecified atom stereocenters. The van der Waals surface area contributed by atoms with Gasteiger partial charge in [0.1, 0.15) is 5.54 Å². The van der Waals surface area contributed by atoms with Gasteiger partial charge in [-0.2, -0.15) is 0 Å². The number of rotatable bonds is 5. The zero-order valence-electron chi connectivity index (χ0n) is 12.5. The zero-order valence-corrected chi connectivity index (χ0v) is 12.5. The van der Waals surface area contributed by atoms with Crippen LogP contribution in [0.1, 0.15) is 52.4 Å². The van der Waals surface area contributed by atoms with Gasteiger partial charge in [-0.05, 0) is 57.7 Å². The number of piperidine rings is 1. The van der Waals surface area contributed by atoms with Gasteiger partial charge in [0.15, 0.2) is 0 Å². The molecule has 0 radical (unpaired) electrons. The highest BCUT2D eigenvalue weighted by Crippen LogP contribution is 2.46. The zero-order chi connectivity index (χ0) is 13.9. The Labute approximate surface area is 117 Å². The third kappa shape index (κ3) is 3.29. The molecule has 1 aliphatic carbocycles. The molecule has 4 nitrogen and oxygen atoms in total. The summed E-state index contributed by atoms with van der Waals surface area (Å²) in [6, 6.07) is 0. The van der Waals surface area contributed by atoms with Gasteiger partial charge in [-0.15, -0.1) is 0 Å². The predicted octanol–water partition coefficient (Wildman–Crippen LogP) is 1.50. The molecule has 2 aliphatic rings. The van der Waals surface area contributed by atoms with Crippen molar-refractivity contribution in [2.24, 2.45) is 11.1 Å². The average molecular weight is 267 g/mol. The van der Waals surface area contributed by atoms with Gasteiger partial charge in [0, 0.05) is 6.54 Å². The maximum absolute atomic E-state index is 11.7. The number of carbonyl (C=O) groups excluding carboxylic acids is 1. The number of nitrogens with two attached hydrogens (primary N) is 1. The minimum Gasteiger partial charge on any atom is -0.368 e. The fraction of sp³-hybridized carbons (Fsp3) is 0.933. The molecule has 1 amide bonds. The molecule has 1 heterocycles. The van der Waals surface area contributed by atoms with Gasteiger partial charge in [0.25, 0.3) is 0 Å². The van der Waals surface area contributed by atoms with Crippen molar-refractivity contribution in [3.8, 4) is 0 Å². The summed E-state index contributed by atoms with van der Waals surface area (Å²) in [5, 5.41) is 3.25. The summed E-state index contributed by atoms with van der Waals surface area (Å²) in [6.45, 7) is 7.70. The highest BCUT2D eigenvalue weighted by molar-refractivity contribution is 5.84. The van der Waals surface area contributed by atoms with E-state index >= 15 is 0 Å². The van der Waals surface area contributed by atoms with Crippen LogP contribution in [0.2, 0.25) is 0 Å². The lowest BCUT2D eigenvalue weighted by Crippen LogP contribution is -2.60. The van der Waals surface area contributed by atoms with Gasteiger partial charge in [-0.1, -0.05) is 19.8 Å². The van der Waals surface area contributed by atoms with Crippen LogP contribution in [0, 0.1) is 5.41 Å². The van der Waals surface area contributed by atoms with Crippen molar-refractivity contribution >= 4 is 5.91 Å². The summed E-state index contributed by atoms with van der Waals surface area (Å²) in [4.78, 5) is 14.1. The Balaban J connectivity index is 1.88. The van der Waals surface area contributed by atoms with E-state index in [2.05, 4.69) is 10.2 Å². The molecule has 3 N–H and O–H groups in total. The highest BCUT2D eigenvalue weighted by Gasteiger charge is 2.39. The third-order valence-corrected chi connectivity index (χ3v) is 5.23. The lowest BCUT2D eigenvalue weighted by atomic mass is 9.77. The molecule has 110 valence electrons. The second kappa shape index (κ2) is 5.80. The van der Waals surface area contributed by atoms with Crippen LogP contribution >= 0.6 is 0 Å². The maximum Gasteiger partial charge on any atom is 0.238 e. The molecule has 19 heavy (non-hydrogen) atoms. The van der Waals surface area contributed by atoms with E-state index in [0.29, 0.717) is 5.41 Å². The summed E-state index contributed by atoms with van der Waals surface area (Å²) in [6.07, 6.45) is 8.26. The van der Waals surface area contributed by atoms with E-state index in [-0.39, 0.29) is 5.91 Å². The minimum atomic E-state index is -0.588. The van der Waals surface area contributed by atoms with Gasteiger partial charge < -0.3 is 16.0 Å². The highest BCUT2D eigenvalue weighted by atomic mass is 16.1. The van der Waals surface area contributed by atoms with Crippen molar-refractivity contribution in [3.05, 3.63) is 0 Å². The lowest BCUT2D eigenvalue weighted by Gasteiger charge is -2.42. The monoisotopic (exact) mass is 267 g/mol. The topological polar surface area (TPSA) is 58.4 Å². The van der Waals surface area contributed by atoms with E-state index in [1.807, 2.05) is 13.8 Å². The van der Waals surface area contributed by atoms with Gasteiger partial charge >= 0.3 is 0 Å². The second-order valence-corrected chi connectivity index (χ2v) is 6.71. The van der Waals surface area contributed by atoms with E-state index in [1.54, 1.807) is 0 Å². The Morgan fingerprint density at radius 2 is 1.84 bits per heavy atom. The Morgan fingerprint density at radius 1 is 1.26 bits per heavy atom. The molecule has 2 fully saturated rings. The second-order valence-electron chi connectivity index (χ2n) is 6.71. The molecule has 0 aromatic carbocycles. The SMILES string of the molecule is CCNC(C)(CN1CCC2(CCCC2)CC1)C(N)=O. The Hall–Kier alpha value is -0.610. The first-order valence-electron chi connectivity index (χ1n) is 7.77. The van der Waals surface area contributed by atoms with Gasteiger partial charge in [0.2, 0.25) is 5.91 Å². The van der Waals surface area contributed by atoms with Crippen molar-refractivity contribution < 1.29 is 4.79 Å². The molecular weight excluding hydrogens is 238 g/mol. The number of primary amides is 1. The van der Waals surface area contributed by atoms with Gasteiger partial charge in [0.05, 0.1) is 0 Å². The van der Waals surface area contributed by atoms with Crippen LogP contribution in [0.15, 0.2) is 0 Å².